The third kappa shape index (κ3) is 6.71. The zero-order chi connectivity index (χ0) is 24.9. The SMILES string of the molecule is CCN(Cc1cccc(NC(=O)c2sc(NC(=O)c3ccco3)cc2C)c1)C(=O)OC(C)(C)C. The number of benzene rings is 1. The maximum atomic E-state index is 12.9. The minimum Gasteiger partial charge on any atom is -0.459 e. The molecule has 0 spiro atoms. The summed E-state index contributed by atoms with van der Waals surface area (Å²) in [5.74, 6) is -0.463. The molecule has 3 amide bonds. The number of thiophene rings is 1. The van der Waals surface area contributed by atoms with Crippen LogP contribution in [0.15, 0.2) is 53.1 Å². The molecule has 2 aromatic heterocycles. The molecule has 3 rings (SSSR count). The van der Waals surface area contributed by atoms with Gasteiger partial charge in [0.1, 0.15) is 5.60 Å². The fourth-order valence-electron chi connectivity index (χ4n) is 3.14. The minimum absolute atomic E-state index is 0.196. The molecule has 0 fully saturated rings. The summed E-state index contributed by atoms with van der Waals surface area (Å²) < 4.78 is 10.6. The van der Waals surface area contributed by atoms with Gasteiger partial charge in [0.25, 0.3) is 11.8 Å². The van der Waals surface area contributed by atoms with Crippen molar-refractivity contribution in [2.24, 2.45) is 0 Å². The predicted octanol–water partition coefficient (Wildman–Crippen LogP) is 5.91. The Labute approximate surface area is 202 Å². The van der Waals surface area contributed by atoms with Crippen molar-refractivity contribution in [2.75, 3.05) is 17.2 Å². The van der Waals surface area contributed by atoms with Crippen LogP contribution in [0, 0.1) is 6.92 Å². The standard InChI is InChI=1S/C25H29N3O5S/c1-6-28(24(31)33-25(3,4)5)15-17-9-7-10-18(14-17)26-23(30)21-16(2)13-20(34-21)27-22(29)19-11-8-12-32-19/h7-14H,6,15H2,1-5H3,(H,26,30)(H,27,29). The highest BCUT2D eigenvalue weighted by Gasteiger charge is 2.21. The molecule has 0 unspecified atom stereocenters. The number of nitrogens with zero attached hydrogens (tertiary/aromatic N) is 1. The Balaban J connectivity index is 1.66. The monoisotopic (exact) mass is 483 g/mol. The number of furan rings is 1. The summed E-state index contributed by atoms with van der Waals surface area (Å²) in [7, 11) is 0. The number of carbonyl (C=O) groups is 3. The molecule has 1 aromatic carbocycles. The Hall–Kier alpha value is -3.59. The number of aryl methyl sites for hydroxylation is 1. The first-order valence-corrected chi connectivity index (χ1v) is 11.7. The second-order valence-electron chi connectivity index (χ2n) is 8.70. The lowest BCUT2D eigenvalue weighted by molar-refractivity contribution is 0.0244. The topological polar surface area (TPSA) is 101 Å². The molecule has 0 aliphatic rings. The summed E-state index contributed by atoms with van der Waals surface area (Å²) >= 11 is 1.18. The van der Waals surface area contributed by atoms with Crippen molar-refractivity contribution >= 4 is 39.9 Å². The minimum atomic E-state index is -0.574. The molecule has 3 aromatic rings. The van der Waals surface area contributed by atoms with Gasteiger partial charge in [-0.05, 0) is 76.1 Å². The Morgan fingerprint density at radius 1 is 1.06 bits per heavy atom. The fraction of sp³-hybridized carbons (Fsp3) is 0.320. The van der Waals surface area contributed by atoms with Gasteiger partial charge in [-0.15, -0.1) is 11.3 Å². The van der Waals surface area contributed by atoms with E-state index in [9.17, 15) is 14.4 Å². The van der Waals surface area contributed by atoms with Crippen LogP contribution in [0.2, 0.25) is 0 Å². The molecule has 0 bridgehead atoms. The normalized spacial score (nSPS) is 11.1. The average molecular weight is 484 g/mol. The lowest BCUT2D eigenvalue weighted by Crippen LogP contribution is -2.36. The zero-order valence-electron chi connectivity index (χ0n) is 19.9. The lowest BCUT2D eigenvalue weighted by Gasteiger charge is -2.26. The first kappa shape index (κ1) is 25.0. The molecule has 2 heterocycles. The van der Waals surface area contributed by atoms with E-state index in [0.717, 1.165) is 11.1 Å². The number of anilines is 2. The van der Waals surface area contributed by atoms with Crippen molar-refractivity contribution in [2.45, 2.75) is 46.8 Å². The number of rotatable bonds is 7. The van der Waals surface area contributed by atoms with Crippen LogP contribution >= 0.6 is 11.3 Å². The van der Waals surface area contributed by atoms with Crippen LogP contribution in [-0.4, -0.2) is 35.0 Å². The highest BCUT2D eigenvalue weighted by molar-refractivity contribution is 7.18. The molecule has 0 aliphatic heterocycles. The van der Waals surface area contributed by atoms with Crippen molar-refractivity contribution in [1.29, 1.82) is 0 Å². The number of amides is 3. The van der Waals surface area contributed by atoms with Gasteiger partial charge in [-0.2, -0.15) is 0 Å². The van der Waals surface area contributed by atoms with Crippen LogP contribution in [0.5, 0.6) is 0 Å². The highest BCUT2D eigenvalue weighted by Crippen LogP contribution is 2.28. The number of ether oxygens (including phenoxy) is 1. The van der Waals surface area contributed by atoms with E-state index in [1.54, 1.807) is 29.2 Å². The maximum absolute atomic E-state index is 12.9. The van der Waals surface area contributed by atoms with Crippen molar-refractivity contribution < 1.29 is 23.5 Å². The number of nitrogens with one attached hydrogen (secondary N) is 2. The van der Waals surface area contributed by atoms with Crippen molar-refractivity contribution in [3.05, 3.63) is 70.5 Å². The second-order valence-corrected chi connectivity index (χ2v) is 9.76. The molecule has 0 saturated carbocycles. The molecule has 0 aliphatic carbocycles. The average Bonchev–Trinajstić information content (AvgIpc) is 3.41. The molecule has 2 N–H and O–H groups in total. The Bertz CT molecular complexity index is 1160. The Morgan fingerprint density at radius 2 is 1.82 bits per heavy atom. The quantitative estimate of drug-likeness (QED) is 0.435. The van der Waals surface area contributed by atoms with E-state index < -0.39 is 5.60 Å². The summed E-state index contributed by atoms with van der Waals surface area (Å²) in [6, 6.07) is 12.3. The van der Waals surface area contributed by atoms with Crippen molar-refractivity contribution in [3.63, 3.8) is 0 Å². The van der Waals surface area contributed by atoms with Gasteiger partial charge < -0.3 is 24.7 Å². The molecule has 0 atom stereocenters. The summed E-state index contributed by atoms with van der Waals surface area (Å²) in [6.07, 6.45) is 1.04. The summed E-state index contributed by atoms with van der Waals surface area (Å²) in [4.78, 5) is 39.6. The molecule has 180 valence electrons. The van der Waals surface area contributed by atoms with E-state index in [2.05, 4.69) is 10.6 Å². The van der Waals surface area contributed by atoms with E-state index in [1.165, 1.54) is 17.6 Å². The van der Waals surface area contributed by atoms with Gasteiger partial charge in [0, 0.05) is 18.8 Å². The van der Waals surface area contributed by atoms with Gasteiger partial charge in [-0.3, -0.25) is 9.59 Å². The maximum Gasteiger partial charge on any atom is 0.410 e. The van der Waals surface area contributed by atoms with Gasteiger partial charge >= 0.3 is 6.09 Å². The van der Waals surface area contributed by atoms with Gasteiger partial charge in [-0.1, -0.05) is 12.1 Å². The van der Waals surface area contributed by atoms with E-state index in [4.69, 9.17) is 9.15 Å². The van der Waals surface area contributed by atoms with E-state index >= 15 is 0 Å². The van der Waals surface area contributed by atoms with Gasteiger partial charge in [0.05, 0.1) is 16.1 Å². The van der Waals surface area contributed by atoms with Gasteiger partial charge in [0.2, 0.25) is 0 Å². The van der Waals surface area contributed by atoms with Crippen LogP contribution in [-0.2, 0) is 11.3 Å². The molecule has 8 nitrogen and oxygen atoms in total. The number of carbonyl (C=O) groups excluding carboxylic acids is 3. The Kier molecular flexibility index (Phi) is 7.78. The second kappa shape index (κ2) is 10.6. The summed E-state index contributed by atoms with van der Waals surface area (Å²) in [5, 5.41) is 6.19. The highest BCUT2D eigenvalue weighted by atomic mass is 32.1. The first-order valence-electron chi connectivity index (χ1n) is 10.9. The van der Waals surface area contributed by atoms with Crippen LogP contribution in [0.4, 0.5) is 15.5 Å². The molecule has 9 heteroatoms. The molecular formula is C25H29N3O5S. The third-order valence-corrected chi connectivity index (χ3v) is 5.85. The smallest absolute Gasteiger partial charge is 0.410 e. The van der Waals surface area contributed by atoms with Crippen LogP contribution in [0.3, 0.4) is 0 Å². The van der Waals surface area contributed by atoms with Crippen LogP contribution in [0.1, 0.15) is 59.0 Å². The van der Waals surface area contributed by atoms with Crippen molar-refractivity contribution in [1.82, 2.24) is 4.90 Å². The lowest BCUT2D eigenvalue weighted by atomic mass is 10.1. The first-order chi connectivity index (χ1) is 16.1. The largest absolute Gasteiger partial charge is 0.459 e. The van der Waals surface area contributed by atoms with Gasteiger partial charge in [0.15, 0.2) is 5.76 Å². The number of hydrogen-bond acceptors (Lipinski definition) is 6. The number of hydrogen-bond donors (Lipinski definition) is 2. The summed E-state index contributed by atoms with van der Waals surface area (Å²) in [5.41, 5.74) is 1.64. The molecular weight excluding hydrogens is 454 g/mol. The van der Waals surface area contributed by atoms with Crippen LogP contribution < -0.4 is 10.6 Å². The third-order valence-electron chi connectivity index (χ3n) is 4.70. The Morgan fingerprint density at radius 3 is 2.47 bits per heavy atom. The van der Waals surface area contributed by atoms with Gasteiger partial charge in [-0.25, -0.2) is 4.79 Å². The fourth-order valence-corrected chi connectivity index (χ4v) is 4.10. The molecule has 0 radical (unpaired) electrons. The summed E-state index contributed by atoms with van der Waals surface area (Å²) in [6.45, 7) is 10.0. The molecule has 34 heavy (non-hydrogen) atoms. The van der Waals surface area contributed by atoms with Crippen molar-refractivity contribution in [3.8, 4) is 0 Å². The molecule has 0 saturated heterocycles. The van der Waals surface area contributed by atoms with E-state index in [1.807, 2.05) is 52.8 Å². The van der Waals surface area contributed by atoms with Crippen LogP contribution in [0.25, 0.3) is 0 Å². The predicted molar refractivity (Wildman–Crippen MR) is 132 cm³/mol. The van der Waals surface area contributed by atoms with E-state index in [-0.39, 0.29) is 23.7 Å². The zero-order valence-corrected chi connectivity index (χ0v) is 20.7. The van der Waals surface area contributed by atoms with E-state index in [0.29, 0.717) is 28.7 Å².